The van der Waals surface area contributed by atoms with Crippen LogP contribution in [0, 0.1) is 23.7 Å². The minimum Gasteiger partial charge on any atom is -0.392 e. The van der Waals surface area contributed by atoms with E-state index in [1.54, 1.807) is 0 Å². The van der Waals surface area contributed by atoms with Gasteiger partial charge in [0, 0.05) is 0 Å². The molecule has 0 bridgehead atoms. The van der Waals surface area contributed by atoms with Crippen LogP contribution in [-0.4, -0.2) is 11.9 Å². The first-order chi connectivity index (χ1) is 6.59. The molecule has 0 aromatic carbocycles. The van der Waals surface area contributed by atoms with Gasteiger partial charge in [-0.3, -0.25) is 9.59 Å². The molecule has 2 aliphatic rings. The summed E-state index contributed by atoms with van der Waals surface area (Å²) >= 11 is 0. The van der Waals surface area contributed by atoms with Gasteiger partial charge in [-0.1, -0.05) is 26.0 Å². The number of carbonyl (C=O) groups is 2. The zero-order valence-electron chi connectivity index (χ0n) is 8.40. The molecule has 1 heterocycles. The van der Waals surface area contributed by atoms with E-state index in [2.05, 4.69) is 18.6 Å². The topological polar surface area (TPSA) is 43.4 Å². The van der Waals surface area contributed by atoms with Gasteiger partial charge < -0.3 is 4.74 Å². The summed E-state index contributed by atoms with van der Waals surface area (Å²) in [6.07, 6.45) is 4.64. The molecule has 3 heteroatoms. The summed E-state index contributed by atoms with van der Waals surface area (Å²) < 4.78 is 4.61. The lowest BCUT2D eigenvalue weighted by molar-refractivity contribution is -0.153. The Labute approximate surface area is 83.1 Å². The van der Waals surface area contributed by atoms with Crippen molar-refractivity contribution < 1.29 is 14.3 Å². The molecule has 0 amide bonds. The molecule has 0 spiro atoms. The Hall–Kier alpha value is -1.12. The Morgan fingerprint density at radius 1 is 1.29 bits per heavy atom. The van der Waals surface area contributed by atoms with Gasteiger partial charge in [0.05, 0.1) is 11.8 Å². The van der Waals surface area contributed by atoms with Crippen LogP contribution >= 0.6 is 0 Å². The highest BCUT2D eigenvalue weighted by Gasteiger charge is 2.45. The minimum absolute atomic E-state index is 0.222. The second-order valence-corrected chi connectivity index (χ2v) is 4.40. The predicted octanol–water partition coefficient (Wildman–Crippen LogP) is 1.53. The van der Waals surface area contributed by atoms with Gasteiger partial charge >= 0.3 is 11.9 Å². The highest BCUT2D eigenvalue weighted by atomic mass is 16.6. The van der Waals surface area contributed by atoms with Gasteiger partial charge in [-0.25, -0.2) is 0 Å². The molecule has 0 radical (unpaired) electrons. The lowest BCUT2D eigenvalue weighted by Gasteiger charge is -2.24. The average Bonchev–Trinajstić information content (AvgIpc) is 2.42. The summed E-state index contributed by atoms with van der Waals surface area (Å²) in [5.41, 5.74) is 0. The van der Waals surface area contributed by atoms with Crippen LogP contribution in [0.4, 0.5) is 0 Å². The van der Waals surface area contributed by atoms with Crippen molar-refractivity contribution in [2.45, 2.75) is 20.3 Å². The van der Waals surface area contributed by atoms with E-state index in [9.17, 15) is 9.59 Å². The third kappa shape index (κ3) is 1.37. The molecule has 1 saturated heterocycles. The summed E-state index contributed by atoms with van der Waals surface area (Å²) in [5, 5.41) is 0. The summed E-state index contributed by atoms with van der Waals surface area (Å²) in [6.45, 7) is 4.24. The summed E-state index contributed by atoms with van der Waals surface area (Å²) in [7, 11) is 0. The van der Waals surface area contributed by atoms with Crippen LogP contribution < -0.4 is 0 Å². The Morgan fingerprint density at radius 2 is 2.00 bits per heavy atom. The number of cyclic esters (lactones) is 2. The lowest BCUT2D eigenvalue weighted by Crippen LogP contribution is -2.25. The molecule has 1 aliphatic heterocycles. The molecule has 0 aromatic heterocycles. The molecule has 3 unspecified atom stereocenters. The fourth-order valence-corrected chi connectivity index (χ4v) is 2.14. The van der Waals surface area contributed by atoms with Crippen LogP contribution in [0.5, 0.6) is 0 Å². The fraction of sp³-hybridized carbons (Fsp3) is 0.636. The Kier molecular flexibility index (Phi) is 2.17. The van der Waals surface area contributed by atoms with Gasteiger partial charge in [0.15, 0.2) is 0 Å². The van der Waals surface area contributed by atoms with Crippen molar-refractivity contribution in [2.24, 2.45) is 23.7 Å². The Bertz CT molecular complexity index is 304. The van der Waals surface area contributed by atoms with E-state index in [0.29, 0.717) is 11.8 Å². The number of carbonyl (C=O) groups excluding carboxylic acids is 2. The number of allylic oxidation sites excluding steroid dienone is 1. The standard InChI is InChI=1S/C11H14O3/c1-6(2)7-3-4-8-9(5-7)11(13)14-10(8)12/h3-4,6-9H,5H2,1-2H3. The van der Waals surface area contributed by atoms with E-state index in [0.717, 1.165) is 6.42 Å². The lowest BCUT2D eigenvalue weighted by atomic mass is 9.76. The molecule has 2 rings (SSSR count). The van der Waals surface area contributed by atoms with E-state index in [1.165, 1.54) is 0 Å². The highest BCUT2D eigenvalue weighted by Crippen LogP contribution is 2.37. The molecular weight excluding hydrogens is 180 g/mol. The number of esters is 2. The van der Waals surface area contributed by atoms with Crippen molar-refractivity contribution in [2.75, 3.05) is 0 Å². The van der Waals surface area contributed by atoms with Crippen molar-refractivity contribution in [3.05, 3.63) is 12.2 Å². The van der Waals surface area contributed by atoms with E-state index in [1.807, 2.05) is 12.2 Å². The van der Waals surface area contributed by atoms with Gasteiger partial charge in [-0.05, 0) is 18.3 Å². The SMILES string of the molecule is CC(C)C1C=CC2C(=O)OC(=O)C2C1. The molecule has 0 N–H and O–H groups in total. The van der Waals surface area contributed by atoms with Crippen LogP contribution in [0.25, 0.3) is 0 Å². The molecule has 1 fully saturated rings. The molecule has 3 atom stereocenters. The molecule has 76 valence electrons. The third-order valence-corrected chi connectivity index (χ3v) is 3.16. The van der Waals surface area contributed by atoms with Crippen molar-refractivity contribution in [3.63, 3.8) is 0 Å². The molecule has 1 aliphatic carbocycles. The quantitative estimate of drug-likeness (QED) is 0.361. The van der Waals surface area contributed by atoms with Crippen molar-refractivity contribution in [1.29, 1.82) is 0 Å². The monoisotopic (exact) mass is 194 g/mol. The van der Waals surface area contributed by atoms with E-state index < -0.39 is 0 Å². The number of ether oxygens (including phenoxy) is 1. The van der Waals surface area contributed by atoms with Crippen molar-refractivity contribution in [1.82, 2.24) is 0 Å². The number of hydrogen-bond acceptors (Lipinski definition) is 3. The highest BCUT2D eigenvalue weighted by molar-refractivity contribution is 5.97. The van der Waals surface area contributed by atoms with Crippen LogP contribution in [-0.2, 0) is 14.3 Å². The van der Waals surface area contributed by atoms with E-state index in [-0.39, 0.29) is 23.8 Å². The van der Waals surface area contributed by atoms with Crippen molar-refractivity contribution >= 4 is 11.9 Å². The third-order valence-electron chi connectivity index (χ3n) is 3.16. The van der Waals surface area contributed by atoms with E-state index >= 15 is 0 Å². The molecule has 14 heavy (non-hydrogen) atoms. The zero-order valence-corrected chi connectivity index (χ0v) is 8.40. The number of rotatable bonds is 1. The second-order valence-electron chi connectivity index (χ2n) is 4.40. The Morgan fingerprint density at radius 3 is 2.64 bits per heavy atom. The zero-order chi connectivity index (χ0) is 10.3. The molecule has 3 nitrogen and oxygen atoms in total. The smallest absolute Gasteiger partial charge is 0.321 e. The van der Waals surface area contributed by atoms with Crippen LogP contribution in [0.2, 0.25) is 0 Å². The van der Waals surface area contributed by atoms with Gasteiger partial charge in [0.1, 0.15) is 0 Å². The molecule has 0 aromatic rings. The van der Waals surface area contributed by atoms with Crippen LogP contribution in [0.1, 0.15) is 20.3 Å². The maximum Gasteiger partial charge on any atom is 0.321 e. The normalized spacial score (nSPS) is 36.1. The van der Waals surface area contributed by atoms with Gasteiger partial charge in [0.25, 0.3) is 0 Å². The molecule has 0 saturated carbocycles. The van der Waals surface area contributed by atoms with Crippen LogP contribution in [0.3, 0.4) is 0 Å². The first-order valence-electron chi connectivity index (χ1n) is 5.03. The van der Waals surface area contributed by atoms with Crippen molar-refractivity contribution in [3.8, 4) is 0 Å². The number of fused-ring (bicyclic) bond motifs is 1. The fourth-order valence-electron chi connectivity index (χ4n) is 2.14. The van der Waals surface area contributed by atoms with E-state index in [4.69, 9.17) is 0 Å². The van der Waals surface area contributed by atoms with Gasteiger partial charge in [-0.2, -0.15) is 0 Å². The first-order valence-corrected chi connectivity index (χ1v) is 5.03. The summed E-state index contributed by atoms with van der Waals surface area (Å²) in [4.78, 5) is 22.5. The first kappa shape index (κ1) is 9.44. The maximum atomic E-state index is 11.3. The summed E-state index contributed by atoms with van der Waals surface area (Å²) in [6, 6.07) is 0. The summed E-state index contributed by atoms with van der Waals surface area (Å²) in [5.74, 6) is -0.337. The van der Waals surface area contributed by atoms with Gasteiger partial charge in [0.2, 0.25) is 0 Å². The predicted molar refractivity (Wildman–Crippen MR) is 50.2 cm³/mol. The molecular formula is C11H14O3. The second kappa shape index (κ2) is 3.23. The van der Waals surface area contributed by atoms with Crippen LogP contribution in [0.15, 0.2) is 12.2 Å². The maximum absolute atomic E-state index is 11.3. The Balaban J connectivity index is 2.20. The van der Waals surface area contributed by atoms with Gasteiger partial charge in [-0.15, -0.1) is 0 Å². The average molecular weight is 194 g/mol. The number of hydrogen-bond donors (Lipinski definition) is 0. The largest absolute Gasteiger partial charge is 0.392 e. The minimum atomic E-state index is -0.376.